The number of carbonyl (C=O) groups excluding carboxylic acids is 1. The van der Waals surface area contributed by atoms with Crippen LogP contribution < -0.4 is 0 Å². The van der Waals surface area contributed by atoms with Crippen LogP contribution in [0.3, 0.4) is 0 Å². The fourth-order valence-corrected chi connectivity index (χ4v) is 5.08. The summed E-state index contributed by atoms with van der Waals surface area (Å²) in [5.41, 5.74) is 0.685. The van der Waals surface area contributed by atoms with Crippen molar-refractivity contribution in [2.24, 2.45) is 5.92 Å². The van der Waals surface area contributed by atoms with Gasteiger partial charge in [-0.25, -0.2) is 0 Å². The van der Waals surface area contributed by atoms with Gasteiger partial charge >= 0.3 is 6.18 Å². The third-order valence-electron chi connectivity index (χ3n) is 6.48. The molecular formula is C24H26F3NO. The number of halogens is 3. The molecule has 2 aromatic carbocycles. The molecule has 0 N–H and O–H groups in total. The Balaban J connectivity index is 1.46. The largest absolute Gasteiger partial charge is 0.416 e. The SMILES string of the molecule is O=C(Cc1ccccc1C(F)(F)F)C1CC2CCCC(C1)N2Cc1ccccc1. The molecule has 29 heavy (non-hydrogen) atoms. The van der Waals surface area contributed by atoms with Gasteiger partial charge in [-0.1, -0.05) is 55.0 Å². The van der Waals surface area contributed by atoms with E-state index in [4.69, 9.17) is 0 Å². The molecule has 2 bridgehead atoms. The molecule has 2 unspecified atom stereocenters. The lowest BCUT2D eigenvalue weighted by Crippen LogP contribution is -2.52. The van der Waals surface area contributed by atoms with E-state index in [0.717, 1.165) is 38.3 Å². The number of piperidine rings is 2. The molecule has 0 radical (unpaired) electrons. The zero-order chi connectivity index (χ0) is 20.4. The van der Waals surface area contributed by atoms with E-state index in [1.54, 1.807) is 6.07 Å². The molecule has 0 amide bonds. The van der Waals surface area contributed by atoms with Gasteiger partial charge in [0.15, 0.2) is 0 Å². The molecule has 2 nitrogen and oxygen atoms in total. The maximum absolute atomic E-state index is 13.3. The van der Waals surface area contributed by atoms with Gasteiger partial charge in [0.25, 0.3) is 0 Å². The molecule has 2 fully saturated rings. The van der Waals surface area contributed by atoms with Gasteiger partial charge in [-0.3, -0.25) is 9.69 Å². The highest BCUT2D eigenvalue weighted by atomic mass is 19.4. The van der Waals surface area contributed by atoms with Gasteiger partial charge in [0.05, 0.1) is 5.56 Å². The summed E-state index contributed by atoms with van der Waals surface area (Å²) in [6.07, 6.45) is 0.258. The highest BCUT2D eigenvalue weighted by Crippen LogP contribution is 2.39. The average Bonchev–Trinajstić information content (AvgIpc) is 2.68. The Labute approximate surface area is 169 Å². The molecule has 0 aromatic heterocycles. The van der Waals surface area contributed by atoms with Crippen molar-refractivity contribution < 1.29 is 18.0 Å². The Hall–Kier alpha value is -2.14. The number of rotatable bonds is 5. The zero-order valence-electron chi connectivity index (χ0n) is 16.4. The highest BCUT2D eigenvalue weighted by Gasteiger charge is 2.41. The lowest BCUT2D eigenvalue weighted by molar-refractivity contribution is -0.138. The van der Waals surface area contributed by atoms with Crippen LogP contribution >= 0.6 is 0 Å². The van der Waals surface area contributed by atoms with E-state index < -0.39 is 11.7 Å². The molecule has 2 saturated heterocycles. The second-order valence-electron chi connectivity index (χ2n) is 8.36. The van der Waals surface area contributed by atoms with Crippen molar-refractivity contribution in [2.75, 3.05) is 0 Å². The number of alkyl halides is 3. The number of carbonyl (C=O) groups is 1. The van der Waals surface area contributed by atoms with Crippen LogP contribution in [0.2, 0.25) is 0 Å². The van der Waals surface area contributed by atoms with E-state index in [1.165, 1.54) is 24.1 Å². The molecule has 0 aliphatic carbocycles. The molecule has 4 rings (SSSR count). The second kappa shape index (κ2) is 8.31. The van der Waals surface area contributed by atoms with E-state index in [0.29, 0.717) is 12.1 Å². The summed E-state index contributed by atoms with van der Waals surface area (Å²) in [5.74, 6) is -0.184. The summed E-state index contributed by atoms with van der Waals surface area (Å²) in [7, 11) is 0. The van der Waals surface area contributed by atoms with Crippen molar-refractivity contribution in [3.05, 3.63) is 71.3 Å². The van der Waals surface area contributed by atoms with Crippen molar-refractivity contribution in [1.29, 1.82) is 0 Å². The molecule has 2 aliphatic heterocycles. The predicted molar refractivity (Wildman–Crippen MR) is 106 cm³/mol. The van der Waals surface area contributed by atoms with Crippen molar-refractivity contribution in [3.8, 4) is 0 Å². The fraction of sp³-hybridized carbons (Fsp3) is 0.458. The number of ketones is 1. The summed E-state index contributed by atoms with van der Waals surface area (Å²) in [6.45, 7) is 0.883. The Kier molecular flexibility index (Phi) is 5.77. The minimum absolute atomic E-state index is 0.0436. The number of hydrogen-bond donors (Lipinski definition) is 0. The van der Waals surface area contributed by atoms with Crippen molar-refractivity contribution in [1.82, 2.24) is 4.90 Å². The van der Waals surface area contributed by atoms with Gasteiger partial charge in [-0.05, 0) is 42.9 Å². The van der Waals surface area contributed by atoms with Crippen LogP contribution in [0.15, 0.2) is 54.6 Å². The summed E-state index contributed by atoms with van der Waals surface area (Å²) in [5, 5.41) is 0. The third-order valence-corrected chi connectivity index (χ3v) is 6.48. The van der Waals surface area contributed by atoms with Crippen LogP contribution in [-0.4, -0.2) is 22.8 Å². The number of fused-ring (bicyclic) bond motifs is 2. The highest BCUT2D eigenvalue weighted by molar-refractivity contribution is 5.84. The molecule has 2 aliphatic rings. The van der Waals surface area contributed by atoms with Crippen LogP contribution in [-0.2, 0) is 23.9 Å². The number of benzene rings is 2. The normalized spacial score (nSPS) is 25.0. The van der Waals surface area contributed by atoms with Crippen LogP contribution in [0, 0.1) is 5.92 Å². The summed E-state index contributed by atoms with van der Waals surface area (Å²) >= 11 is 0. The molecule has 2 heterocycles. The first-order chi connectivity index (χ1) is 13.9. The quantitative estimate of drug-likeness (QED) is 0.645. The average molecular weight is 401 g/mol. The smallest absolute Gasteiger partial charge is 0.299 e. The first-order valence-corrected chi connectivity index (χ1v) is 10.4. The first kappa shape index (κ1) is 20.1. The lowest BCUT2D eigenvalue weighted by Gasteiger charge is -2.48. The van der Waals surface area contributed by atoms with Crippen LogP contribution in [0.5, 0.6) is 0 Å². The first-order valence-electron chi connectivity index (χ1n) is 10.4. The van der Waals surface area contributed by atoms with Gasteiger partial charge in [0.2, 0.25) is 0 Å². The summed E-state index contributed by atoms with van der Waals surface area (Å²) < 4.78 is 39.8. The number of hydrogen-bond acceptors (Lipinski definition) is 2. The Morgan fingerprint density at radius 1 is 0.931 bits per heavy atom. The van der Waals surface area contributed by atoms with E-state index >= 15 is 0 Å². The standard InChI is InChI=1S/C24H26F3NO/c25-24(26,27)22-12-5-4-9-18(22)15-23(29)19-13-20-10-6-11-21(14-19)28(20)16-17-7-2-1-3-8-17/h1-5,7-9,12,19-21H,6,10-11,13-16H2. The van der Waals surface area contributed by atoms with Gasteiger partial charge in [-0.2, -0.15) is 13.2 Å². The zero-order valence-corrected chi connectivity index (χ0v) is 16.4. The van der Waals surface area contributed by atoms with Gasteiger partial charge < -0.3 is 0 Å². The molecular weight excluding hydrogens is 375 g/mol. The Bertz CT molecular complexity index is 835. The fourth-order valence-electron chi connectivity index (χ4n) is 5.08. The van der Waals surface area contributed by atoms with E-state index in [2.05, 4.69) is 17.0 Å². The topological polar surface area (TPSA) is 20.3 Å². The molecule has 2 atom stereocenters. The van der Waals surface area contributed by atoms with Crippen molar-refractivity contribution in [3.63, 3.8) is 0 Å². The Morgan fingerprint density at radius 3 is 2.21 bits per heavy atom. The van der Waals surface area contributed by atoms with Crippen molar-refractivity contribution in [2.45, 2.75) is 63.3 Å². The number of Topliss-reactive ketones (excluding diaryl/α,β-unsaturated/α-hetero) is 1. The molecule has 154 valence electrons. The predicted octanol–water partition coefficient (Wildman–Crippen LogP) is 5.65. The molecule has 5 heteroatoms. The van der Waals surface area contributed by atoms with Gasteiger partial charge in [-0.15, -0.1) is 0 Å². The maximum Gasteiger partial charge on any atom is 0.416 e. The molecule has 0 saturated carbocycles. The maximum atomic E-state index is 13.3. The summed E-state index contributed by atoms with van der Waals surface area (Å²) in [6, 6.07) is 16.5. The summed E-state index contributed by atoms with van der Waals surface area (Å²) in [4.78, 5) is 15.5. The monoisotopic (exact) mass is 401 g/mol. The van der Waals surface area contributed by atoms with Crippen LogP contribution in [0.4, 0.5) is 13.2 Å². The number of nitrogens with zero attached hydrogens (tertiary/aromatic N) is 1. The second-order valence-corrected chi connectivity index (χ2v) is 8.36. The molecule has 2 aromatic rings. The van der Waals surface area contributed by atoms with Gasteiger partial charge in [0.1, 0.15) is 5.78 Å². The van der Waals surface area contributed by atoms with Crippen molar-refractivity contribution >= 4 is 5.78 Å². The van der Waals surface area contributed by atoms with E-state index in [9.17, 15) is 18.0 Å². The van der Waals surface area contributed by atoms with Crippen LogP contribution in [0.1, 0.15) is 48.8 Å². The van der Waals surface area contributed by atoms with Gasteiger partial charge in [0, 0.05) is 31.0 Å². The minimum atomic E-state index is -4.42. The minimum Gasteiger partial charge on any atom is -0.299 e. The van der Waals surface area contributed by atoms with E-state index in [-0.39, 0.29) is 23.7 Å². The third kappa shape index (κ3) is 4.55. The Morgan fingerprint density at radius 2 is 1.55 bits per heavy atom. The molecule has 0 spiro atoms. The lowest BCUT2D eigenvalue weighted by atomic mass is 9.75. The van der Waals surface area contributed by atoms with E-state index in [1.807, 2.05) is 18.2 Å². The van der Waals surface area contributed by atoms with Crippen LogP contribution in [0.25, 0.3) is 0 Å².